The first-order valence-corrected chi connectivity index (χ1v) is 7.97. The van der Waals surface area contributed by atoms with Gasteiger partial charge in [-0.25, -0.2) is 4.39 Å². The summed E-state index contributed by atoms with van der Waals surface area (Å²) in [5.41, 5.74) is 0.562. The van der Waals surface area contributed by atoms with Gasteiger partial charge in [-0.2, -0.15) is 0 Å². The van der Waals surface area contributed by atoms with E-state index < -0.39 is 5.82 Å². The van der Waals surface area contributed by atoms with Crippen LogP contribution in [-0.2, 0) is 4.79 Å². The van der Waals surface area contributed by atoms with Gasteiger partial charge in [-0.05, 0) is 44.2 Å². The normalized spacial score (nSPS) is 10.5. The molecule has 0 aliphatic heterocycles. The molecule has 0 saturated carbocycles. The van der Waals surface area contributed by atoms with Crippen LogP contribution in [0.4, 0.5) is 10.1 Å². The summed E-state index contributed by atoms with van der Waals surface area (Å²) in [6, 6.07) is 11.1. The van der Waals surface area contributed by atoms with E-state index in [-0.39, 0.29) is 30.8 Å². The number of halogens is 2. The van der Waals surface area contributed by atoms with E-state index in [9.17, 15) is 9.18 Å². The van der Waals surface area contributed by atoms with E-state index in [0.29, 0.717) is 16.5 Å². The Balaban J connectivity index is 1.84. The van der Waals surface area contributed by atoms with Crippen molar-refractivity contribution < 1.29 is 18.7 Å². The molecule has 0 aromatic heterocycles. The van der Waals surface area contributed by atoms with Crippen LogP contribution < -0.4 is 14.8 Å². The van der Waals surface area contributed by atoms with Crippen molar-refractivity contribution in [3.05, 3.63) is 53.3 Å². The highest BCUT2D eigenvalue weighted by Crippen LogP contribution is 2.28. The summed E-state index contributed by atoms with van der Waals surface area (Å²) >= 11 is 6.12. The molecular formula is C18H19ClFNO3. The van der Waals surface area contributed by atoms with Crippen LogP contribution in [0.25, 0.3) is 0 Å². The van der Waals surface area contributed by atoms with Gasteiger partial charge >= 0.3 is 0 Å². The van der Waals surface area contributed by atoms with Gasteiger partial charge in [0.05, 0.1) is 24.2 Å². The molecule has 0 saturated heterocycles. The molecule has 0 aliphatic rings. The Morgan fingerprint density at radius 2 is 1.96 bits per heavy atom. The lowest BCUT2D eigenvalue weighted by Crippen LogP contribution is -2.15. The SMILES string of the molecule is CC(C)Oc1ccc(NC(=O)CCOc2ccccc2F)cc1Cl. The molecule has 0 aliphatic carbocycles. The van der Waals surface area contributed by atoms with Crippen molar-refractivity contribution in [2.24, 2.45) is 0 Å². The van der Waals surface area contributed by atoms with Gasteiger partial charge in [0.2, 0.25) is 5.91 Å². The summed E-state index contributed by atoms with van der Waals surface area (Å²) in [6.45, 7) is 3.89. The molecule has 2 aromatic rings. The maximum atomic E-state index is 13.4. The molecule has 4 nitrogen and oxygen atoms in total. The number of rotatable bonds is 7. The van der Waals surface area contributed by atoms with Crippen LogP contribution in [-0.4, -0.2) is 18.6 Å². The minimum absolute atomic E-state index is 0.0125. The van der Waals surface area contributed by atoms with E-state index in [4.69, 9.17) is 21.1 Å². The van der Waals surface area contributed by atoms with Crippen LogP contribution in [0.2, 0.25) is 5.02 Å². The second-order valence-electron chi connectivity index (χ2n) is 5.39. The quantitative estimate of drug-likeness (QED) is 0.788. The molecule has 2 aromatic carbocycles. The number of hydrogen-bond donors (Lipinski definition) is 1. The topological polar surface area (TPSA) is 47.6 Å². The lowest BCUT2D eigenvalue weighted by molar-refractivity contribution is -0.116. The third kappa shape index (κ3) is 5.42. The summed E-state index contributed by atoms with van der Waals surface area (Å²) in [4.78, 5) is 11.9. The van der Waals surface area contributed by atoms with E-state index in [1.54, 1.807) is 30.3 Å². The molecule has 0 spiro atoms. The number of carbonyl (C=O) groups excluding carboxylic acids is 1. The van der Waals surface area contributed by atoms with Gasteiger partial charge < -0.3 is 14.8 Å². The molecule has 6 heteroatoms. The number of hydrogen-bond acceptors (Lipinski definition) is 3. The number of benzene rings is 2. The molecule has 0 fully saturated rings. The number of anilines is 1. The van der Waals surface area contributed by atoms with Gasteiger partial charge in [0, 0.05) is 5.69 Å². The van der Waals surface area contributed by atoms with Crippen LogP contribution in [0.5, 0.6) is 11.5 Å². The van der Waals surface area contributed by atoms with Crippen LogP contribution >= 0.6 is 11.6 Å². The van der Waals surface area contributed by atoms with E-state index in [0.717, 1.165) is 0 Å². The van der Waals surface area contributed by atoms with Gasteiger partial charge in [-0.15, -0.1) is 0 Å². The Hall–Kier alpha value is -2.27. The Kier molecular flexibility index (Phi) is 6.44. The molecule has 0 heterocycles. The second kappa shape index (κ2) is 8.55. The van der Waals surface area contributed by atoms with Crippen molar-refractivity contribution in [1.82, 2.24) is 0 Å². The lowest BCUT2D eigenvalue weighted by atomic mass is 10.3. The number of ether oxygens (including phenoxy) is 2. The average molecular weight is 352 g/mol. The van der Waals surface area contributed by atoms with E-state index in [2.05, 4.69) is 5.32 Å². The fourth-order valence-electron chi connectivity index (χ4n) is 1.97. The van der Waals surface area contributed by atoms with Crippen molar-refractivity contribution in [2.45, 2.75) is 26.4 Å². The smallest absolute Gasteiger partial charge is 0.227 e. The standard InChI is InChI=1S/C18H19ClFNO3/c1-12(2)24-16-8-7-13(11-14(16)19)21-18(22)9-10-23-17-6-4-3-5-15(17)20/h3-8,11-12H,9-10H2,1-2H3,(H,21,22). The van der Waals surface area contributed by atoms with Crippen molar-refractivity contribution in [3.8, 4) is 11.5 Å². The van der Waals surface area contributed by atoms with Crippen molar-refractivity contribution in [1.29, 1.82) is 0 Å². The highest BCUT2D eigenvalue weighted by atomic mass is 35.5. The number of nitrogens with one attached hydrogen (secondary N) is 1. The third-order valence-corrected chi connectivity index (χ3v) is 3.30. The highest BCUT2D eigenvalue weighted by molar-refractivity contribution is 6.32. The molecular weight excluding hydrogens is 333 g/mol. The fraction of sp³-hybridized carbons (Fsp3) is 0.278. The Morgan fingerprint density at radius 3 is 2.62 bits per heavy atom. The molecule has 0 bridgehead atoms. The molecule has 0 atom stereocenters. The van der Waals surface area contributed by atoms with Gasteiger partial charge in [0.25, 0.3) is 0 Å². The predicted octanol–water partition coefficient (Wildman–Crippen LogP) is 4.67. The van der Waals surface area contributed by atoms with Crippen molar-refractivity contribution in [2.75, 3.05) is 11.9 Å². The van der Waals surface area contributed by atoms with Crippen LogP contribution in [0, 0.1) is 5.82 Å². The Bertz CT molecular complexity index is 706. The number of para-hydroxylation sites is 1. The van der Waals surface area contributed by atoms with Crippen LogP contribution in [0.15, 0.2) is 42.5 Å². The van der Waals surface area contributed by atoms with Crippen molar-refractivity contribution >= 4 is 23.2 Å². The third-order valence-electron chi connectivity index (χ3n) is 3.00. The van der Waals surface area contributed by atoms with E-state index in [1.165, 1.54) is 12.1 Å². The Labute approximate surface area is 145 Å². The molecule has 1 amide bonds. The monoisotopic (exact) mass is 351 g/mol. The number of amides is 1. The first-order valence-electron chi connectivity index (χ1n) is 7.59. The summed E-state index contributed by atoms with van der Waals surface area (Å²) < 4.78 is 24.2. The van der Waals surface area contributed by atoms with Crippen molar-refractivity contribution in [3.63, 3.8) is 0 Å². The van der Waals surface area contributed by atoms with Gasteiger partial charge in [-0.1, -0.05) is 23.7 Å². The van der Waals surface area contributed by atoms with E-state index in [1.807, 2.05) is 13.8 Å². The molecule has 0 radical (unpaired) electrons. The molecule has 1 N–H and O–H groups in total. The first kappa shape index (κ1) is 18.1. The maximum absolute atomic E-state index is 13.4. The summed E-state index contributed by atoms with van der Waals surface area (Å²) in [5.74, 6) is -0.0125. The van der Waals surface area contributed by atoms with Crippen LogP contribution in [0.3, 0.4) is 0 Å². The summed E-state index contributed by atoms with van der Waals surface area (Å²) in [6.07, 6.45) is 0.106. The Morgan fingerprint density at radius 1 is 1.21 bits per heavy atom. The second-order valence-corrected chi connectivity index (χ2v) is 5.80. The van der Waals surface area contributed by atoms with Gasteiger partial charge in [-0.3, -0.25) is 4.79 Å². The zero-order chi connectivity index (χ0) is 17.5. The average Bonchev–Trinajstić information content (AvgIpc) is 2.51. The first-order chi connectivity index (χ1) is 11.5. The summed E-state index contributed by atoms with van der Waals surface area (Å²) in [7, 11) is 0. The molecule has 2 rings (SSSR count). The molecule has 24 heavy (non-hydrogen) atoms. The maximum Gasteiger partial charge on any atom is 0.227 e. The van der Waals surface area contributed by atoms with Gasteiger partial charge in [0.1, 0.15) is 5.75 Å². The summed E-state index contributed by atoms with van der Waals surface area (Å²) in [5, 5.41) is 3.13. The fourth-order valence-corrected chi connectivity index (χ4v) is 2.19. The minimum atomic E-state index is -0.453. The highest BCUT2D eigenvalue weighted by Gasteiger charge is 2.08. The zero-order valence-electron chi connectivity index (χ0n) is 13.5. The molecule has 128 valence electrons. The zero-order valence-corrected chi connectivity index (χ0v) is 14.3. The lowest BCUT2D eigenvalue weighted by Gasteiger charge is -2.13. The molecule has 0 unspecified atom stereocenters. The predicted molar refractivity (Wildman–Crippen MR) is 92.4 cm³/mol. The van der Waals surface area contributed by atoms with E-state index >= 15 is 0 Å². The number of carbonyl (C=O) groups is 1. The minimum Gasteiger partial charge on any atom is -0.490 e. The van der Waals surface area contributed by atoms with Crippen LogP contribution in [0.1, 0.15) is 20.3 Å². The van der Waals surface area contributed by atoms with Gasteiger partial charge in [0.15, 0.2) is 11.6 Å². The largest absolute Gasteiger partial charge is 0.490 e.